The van der Waals surface area contributed by atoms with E-state index < -0.39 is 23.8 Å². The van der Waals surface area contributed by atoms with Gasteiger partial charge in [0.1, 0.15) is 0 Å². The Balaban J connectivity index is 4.46. The van der Waals surface area contributed by atoms with Crippen molar-refractivity contribution in [2.45, 2.75) is 30.9 Å². The lowest BCUT2D eigenvalue weighted by atomic mass is 9.96. The van der Waals surface area contributed by atoms with Crippen LogP contribution in [-0.4, -0.2) is 44.8 Å². The van der Waals surface area contributed by atoms with E-state index in [4.69, 9.17) is 15.4 Å². The number of carbonyl (C=O) groups is 3. The summed E-state index contributed by atoms with van der Waals surface area (Å²) in [4.78, 5) is 32.4. The molecular formula is C10H17NO6S. The van der Waals surface area contributed by atoms with Crippen molar-refractivity contribution in [1.82, 2.24) is 5.48 Å². The normalized spacial score (nSPS) is 13.7. The summed E-state index contributed by atoms with van der Waals surface area (Å²) < 4.78 is 0. The van der Waals surface area contributed by atoms with Crippen LogP contribution in [0, 0.1) is 5.92 Å². The van der Waals surface area contributed by atoms with Crippen LogP contribution in [0.4, 0.5) is 0 Å². The highest BCUT2D eigenvalue weighted by atomic mass is 32.2. The van der Waals surface area contributed by atoms with Gasteiger partial charge in [-0.15, -0.1) is 0 Å². The third kappa shape index (κ3) is 6.45. The van der Waals surface area contributed by atoms with Crippen molar-refractivity contribution >= 4 is 29.6 Å². The first kappa shape index (κ1) is 16.7. The molecule has 1 amide bonds. The molecule has 0 aliphatic rings. The molecule has 0 radical (unpaired) electrons. The summed E-state index contributed by atoms with van der Waals surface area (Å²) >= 11 is 1.28. The van der Waals surface area contributed by atoms with Gasteiger partial charge in [0, 0.05) is 18.1 Å². The maximum absolute atomic E-state index is 11.1. The molecule has 0 aliphatic carbocycles. The van der Waals surface area contributed by atoms with Crippen LogP contribution in [0.5, 0.6) is 0 Å². The molecule has 0 aromatic rings. The van der Waals surface area contributed by atoms with Gasteiger partial charge >= 0.3 is 11.9 Å². The van der Waals surface area contributed by atoms with Crippen molar-refractivity contribution in [2.24, 2.45) is 5.92 Å². The molecule has 18 heavy (non-hydrogen) atoms. The quantitative estimate of drug-likeness (QED) is 0.359. The number of amides is 1. The highest BCUT2D eigenvalue weighted by molar-refractivity contribution is 7.99. The van der Waals surface area contributed by atoms with E-state index >= 15 is 0 Å². The van der Waals surface area contributed by atoms with E-state index in [2.05, 4.69) is 0 Å². The zero-order valence-electron chi connectivity index (χ0n) is 9.96. The van der Waals surface area contributed by atoms with Crippen LogP contribution in [0.1, 0.15) is 25.7 Å². The van der Waals surface area contributed by atoms with E-state index in [-0.39, 0.29) is 30.9 Å². The van der Waals surface area contributed by atoms with Crippen molar-refractivity contribution in [3.63, 3.8) is 0 Å². The van der Waals surface area contributed by atoms with Crippen LogP contribution < -0.4 is 5.48 Å². The molecule has 2 unspecified atom stereocenters. The Morgan fingerprint density at radius 3 is 2.17 bits per heavy atom. The first-order valence-corrected chi connectivity index (χ1v) is 6.61. The van der Waals surface area contributed by atoms with Crippen LogP contribution in [-0.2, 0) is 14.4 Å². The number of carboxylic acids is 2. The molecule has 7 nitrogen and oxygen atoms in total. The molecule has 8 heteroatoms. The smallest absolute Gasteiger partial charge is 0.307 e. The molecule has 4 N–H and O–H groups in total. The second-order valence-electron chi connectivity index (χ2n) is 3.72. The van der Waals surface area contributed by atoms with E-state index in [1.54, 1.807) is 6.26 Å². The van der Waals surface area contributed by atoms with Crippen molar-refractivity contribution in [1.29, 1.82) is 0 Å². The summed E-state index contributed by atoms with van der Waals surface area (Å²) in [5, 5.41) is 25.6. The number of carboxylic acid groups (broad SMARTS) is 2. The summed E-state index contributed by atoms with van der Waals surface area (Å²) in [6.07, 6.45) is 1.78. The molecule has 0 bridgehead atoms. The van der Waals surface area contributed by atoms with Gasteiger partial charge in [-0.3, -0.25) is 19.6 Å². The van der Waals surface area contributed by atoms with Crippen molar-refractivity contribution in [2.75, 3.05) is 6.26 Å². The Bertz CT molecular complexity index is 309. The van der Waals surface area contributed by atoms with Crippen molar-refractivity contribution in [3.8, 4) is 0 Å². The zero-order chi connectivity index (χ0) is 14.1. The average molecular weight is 279 g/mol. The van der Waals surface area contributed by atoms with E-state index in [0.29, 0.717) is 0 Å². The van der Waals surface area contributed by atoms with Gasteiger partial charge < -0.3 is 10.2 Å². The van der Waals surface area contributed by atoms with Crippen LogP contribution in [0.15, 0.2) is 0 Å². The number of carbonyl (C=O) groups excluding carboxylic acids is 1. The SMILES string of the molecule is CSC(CCC(=O)NO)C(CCC(=O)O)C(=O)O. The first-order chi connectivity index (χ1) is 8.42. The second-order valence-corrected chi connectivity index (χ2v) is 4.80. The minimum atomic E-state index is -1.07. The number of rotatable bonds is 9. The van der Waals surface area contributed by atoms with Crippen LogP contribution >= 0.6 is 11.8 Å². The Morgan fingerprint density at radius 1 is 1.17 bits per heavy atom. The van der Waals surface area contributed by atoms with Gasteiger partial charge in [0.15, 0.2) is 0 Å². The summed E-state index contributed by atoms with van der Waals surface area (Å²) in [6.45, 7) is 0. The maximum atomic E-state index is 11.1. The highest BCUT2D eigenvalue weighted by Gasteiger charge is 2.28. The predicted molar refractivity (Wildman–Crippen MR) is 64.5 cm³/mol. The van der Waals surface area contributed by atoms with Crippen LogP contribution in [0.25, 0.3) is 0 Å². The lowest BCUT2D eigenvalue weighted by molar-refractivity contribution is -0.143. The minimum Gasteiger partial charge on any atom is -0.481 e. The van der Waals surface area contributed by atoms with E-state index in [9.17, 15) is 14.4 Å². The summed E-state index contributed by atoms with van der Waals surface area (Å²) in [5.74, 6) is -3.52. The minimum absolute atomic E-state index is 0.00113. The fraction of sp³-hybridized carbons (Fsp3) is 0.700. The van der Waals surface area contributed by atoms with Gasteiger partial charge in [-0.05, 0) is 19.1 Å². The summed E-state index contributed by atoms with van der Waals surface area (Å²) in [6, 6.07) is 0. The molecule has 2 atom stereocenters. The Labute approximate surface area is 109 Å². The van der Waals surface area contributed by atoms with E-state index in [1.165, 1.54) is 17.2 Å². The highest BCUT2D eigenvalue weighted by Crippen LogP contribution is 2.26. The molecule has 0 heterocycles. The molecule has 104 valence electrons. The number of hydroxylamine groups is 1. The predicted octanol–water partition coefficient (Wildman–Crippen LogP) is 0.569. The topological polar surface area (TPSA) is 124 Å². The largest absolute Gasteiger partial charge is 0.481 e. The first-order valence-electron chi connectivity index (χ1n) is 5.32. The van der Waals surface area contributed by atoms with E-state index in [1.807, 2.05) is 0 Å². The van der Waals surface area contributed by atoms with Gasteiger partial charge in [-0.1, -0.05) is 0 Å². The Hall–Kier alpha value is -1.28. The standard InChI is InChI=1S/C10H17NO6S/c1-18-7(3-4-8(12)11-17)6(10(15)16)2-5-9(13)14/h6-7,17H,2-5H2,1H3,(H,11,12)(H,13,14)(H,15,16). The summed E-state index contributed by atoms with van der Waals surface area (Å²) in [7, 11) is 0. The Kier molecular flexibility index (Phi) is 8.14. The average Bonchev–Trinajstić information content (AvgIpc) is 2.31. The monoisotopic (exact) mass is 279 g/mol. The molecule has 0 saturated carbocycles. The lowest BCUT2D eigenvalue weighted by Crippen LogP contribution is -2.28. The fourth-order valence-electron chi connectivity index (χ4n) is 1.56. The molecule has 0 spiro atoms. The number of thioether (sulfide) groups is 1. The zero-order valence-corrected chi connectivity index (χ0v) is 10.8. The molecule has 0 aromatic carbocycles. The van der Waals surface area contributed by atoms with Crippen LogP contribution in [0.2, 0.25) is 0 Å². The Morgan fingerprint density at radius 2 is 1.78 bits per heavy atom. The van der Waals surface area contributed by atoms with Gasteiger partial charge in [-0.25, -0.2) is 5.48 Å². The second kappa shape index (κ2) is 8.76. The molecule has 0 aromatic heterocycles. The molecule has 0 fully saturated rings. The number of aliphatic carboxylic acids is 2. The number of hydrogen-bond acceptors (Lipinski definition) is 5. The van der Waals surface area contributed by atoms with Crippen molar-refractivity contribution in [3.05, 3.63) is 0 Å². The van der Waals surface area contributed by atoms with Gasteiger partial charge in [-0.2, -0.15) is 11.8 Å². The molecule has 0 saturated heterocycles. The molecule has 0 rings (SSSR count). The lowest BCUT2D eigenvalue weighted by Gasteiger charge is -2.21. The van der Waals surface area contributed by atoms with Gasteiger partial charge in [0.05, 0.1) is 5.92 Å². The third-order valence-electron chi connectivity index (χ3n) is 2.52. The van der Waals surface area contributed by atoms with E-state index in [0.717, 1.165) is 0 Å². The molecule has 0 aliphatic heterocycles. The summed E-state index contributed by atoms with van der Waals surface area (Å²) in [5.41, 5.74) is 1.47. The third-order valence-corrected chi connectivity index (χ3v) is 3.69. The fourth-order valence-corrected chi connectivity index (χ4v) is 2.49. The maximum Gasteiger partial charge on any atom is 0.307 e. The van der Waals surface area contributed by atoms with Gasteiger partial charge in [0.25, 0.3) is 0 Å². The number of hydrogen-bond donors (Lipinski definition) is 4. The number of nitrogens with one attached hydrogen (secondary N) is 1. The molecular weight excluding hydrogens is 262 g/mol. The van der Waals surface area contributed by atoms with Crippen molar-refractivity contribution < 1.29 is 29.8 Å². The van der Waals surface area contributed by atoms with Crippen LogP contribution in [0.3, 0.4) is 0 Å². The van der Waals surface area contributed by atoms with Gasteiger partial charge in [0.2, 0.25) is 5.91 Å².